The Morgan fingerprint density at radius 1 is 1.36 bits per heavy atom. The van der Waals surface area contributed by atoms with Crippen LogP contribution in [0.4, 0.5) is 24.5 Å². The number of halogens is 3. The Labute approximate surface area is 160 Å². The van der Waals surface area contributed by atoms with Crippen molar-refractivity contribution in [2.24, 2.45) is 0 Å². The highest BCUT2D eigenvalue weighted by molar-refractivity contribution is 5.70. The lowest BCUT2D eigenvalue weighted by molar-refractivity contribution is -0.385. The second-order valence-electron chi connectivity index (χ2n) is 6.92. The Kier molecular flexibility index (Phi) is 6.87. The van der Waals surface area contributed by atoms with Crippen molar-refractivity contribution < 1.29 is 32.7 Å². The van der Waals surface area contributed by atoms with Crippen molar-refractivity contribution in [1.82, 2.24) is 0 Å². The number of anilines is 1. The highest BCUT2D eigenvalue weighted by atomic mass is 19.4. The highest BCUT2D eigenvalue weighted by Gasteiger charge is 2.40. The Morgan fingerprint density at radius 2 is 2.00 bits per heavy atom. The first-order valence-electron chi connectivity index (χ1n) is 9.04. The third-order valence-corrected chi connectivity index (χ3v) is 4.77. The molecule has 1 aromatic carbocycles. The number of rotatable bonds is 7. The van der Waals surface area contributed by atoms with E-state index in [-0.39, 0.29) is 44.6 Å². The van der Waals surface area contributed by atoms with Gasteiger partial charge in [-0.05, 0) is 25.3 Å². The fourth-order valence-corrected chi connectivity index (χ4v) is 3.13. The number of unbranched alkanes of at least 4 members (excludes halogenated alkanes) is 1. The second-order valence-corrected chi connectivity index (χ2v) is 6.92. The number of piperidine rings is 1. The molecule has 0 spiro atoms. The van der Waals surface area contributed by atoms with Gasteiger partial charge in [-0.1, -0.05) is 13.3 Å². The molecule has 0 radical (unpaired) electrons. The molecule has 0 unspecified atom stereocenters. The molecule has 10 heteroatoms. The fraction of sp³-hybridized carbons (Fsp3) is 0.611. The molecule has 7 nitrogen and oxygen atoms in total. The second kappa shape index (κ2) is 8.76. The number of benzene rings is 1. The molecule has 0 aromatic heterocycles. The van der Waals surface area contributed by atoms with Gasteiger partial charge in [0, 0.05) is 30.9 Å². The van der Waals surface area contributed by atoms with Crippen LogP contribution in [0, 0.1) is 10.1 Å². The number of nitrogens with zero attached hydrogens (tertiary/aromatic N) is 2. The molecule has 156 valence electrons. The molecule has 1 saturated heterocycles. The minimum absolute atomic E-state index is 0.0830. The molecule has 1 aromatic rings. The Balaban J connectivity index is 2.08. The molecule has 0 amide bonds. The van der Waals surface area contributed by atoms with Gasteiger partial charge in [0.15, 0.2) is 0 Å². The number of non-ortho nitro benzene ring substituents is 1. The standard InChI is InChI=1S/C18H23F3N2O5/c1-2-3-10-28-16(24)12-17(25)6-8-22(9-7-17)15-5-4-13(23(26)27)11-14(15)18(19,20)21/h4-5,11,25H,2-3,6-10,12H2,1H3. The Morgan fingerprint density at radius 3 is 2.54 bits per heavy atom. The minimum atomic E-state index is -4.75. The van der Waals surface area contributed by atoms with E-state index < -0.39 is 33.9 Å². The maximum atomic E-state index is 13.4. The van der Waals surface area contributed by atoms with Crippen molar-refractivity contribution in [2.75, 3.05) is 24.6 Å². The Hall–Kier alpha value is -2.36. The first-order chi connectivity index (χ1) is 13.1. The molecule has 1 aliphatic rings. The number of ether oxygens (including phenoxy) is 1. The van der Waals surface area contributed by atoms with Crippen LogP contribution in [-0.2, 0) is 15.7 Å². The van der Waals surface area contributed by atoms with Gasteiger partial charge in [0.05, 0.1) is 29.1 Å². The van der Waals surface area contributed by atoms with E-state index in [1.807, 2.05) is 6.92 Å². The van der Waals surface area contributed by atoms with Crippen LogP contribution in [0.3, 0.4) is 0 Å². The van der Waals surface area contributed by atoms with Crippen LogP contribution >= 0.6 is 0 Å². The first kappa shape index (κ1) is 21.9. The lowest BCUT2D eigenvalue weighted by Crippen LogP contribution is -2.46. The number of nitro benzene ring substituents is 1. The highest BCUT2D eigenvalue weighted by Crippen LogP contribution is 2.40. The maximum Gasteiger partial charge on any atom is 0.418 e. The first-order valence-corrected chi connectivity index (χ1v) is 9.04. The van der Waals surface area contributed by atoms with Crippen LogP contribution in [0.1, 0.15) is 44.6 Å². The van der Waals surface area contributed by atoms with E-state index in [0.29, 0.717) is 6.07 Å². The summed E-state index contributed by atoms with van der Waals surface area (Å²) in [5.41, 5.74) is -3.24. The van der Waals surface area contributed by atoms with Crippen LogP contribution in [0.5, 0.6) is 0 Å². The number of hydrogen-bond donors (Lipinski definition) is 1. The van der Waals surface area contributed by atoms with Crippen LogP contribution in [0.15, 0.2) is 18.2 Å². The van der Waals surface area contributed by atoms with Gasteiger partial charge in [-0.2, -0.15) is 13.2 Å². The molecule has 0 aliphatic carbocycles. The molecule has 0 atom stereocenters. The van der Waals surface area contributed by atoms with E-state index in [2.05, 4.69) is 0 Å². The monoisotopic (exact) mass is 404 g/mol. The molecule has 0 bridgehead atoms. The molecule has 1 heterocycles. The summed E-state index contributed by atoms with van der Waals surface area (Å²) in [6.07, 6.45) is -3.20. The average Bonchev–Trinajstić information content (AvgIpc) is 2.61. The lowest BCUT2D eigenvalue weighted by atomic mass is 9.87. The van der Waals surface area contributed by atoms with Gasteiger partial charge in [-0.3, -0.25) is 14.9 Å². The molecule has 1 N–H and O–H groups in total. The van der Waals surface area contributed by atoms with E-state index in [4.69, 9.17) is 4.74 Å². The van der Waals surface area contributed by atoms with Gasteiger partial charge in [0.1, 0.15) is 0 Å². The maximum absolute atomic E-state index is 13.4. The smallest absolute Gasteiger partial charge is 0.418 e. The summed E-state index contributed by atoms with van der Waals surface area (Å²) in [5, 5.41) is 21.4. The molecule has 1 aliphatic heterocycles. The lowest BCUT2D eigenvalue weighted by Gasteiger charge is -2.39. The van der Waals surface area contributed by atoms with E-state index >= 15 is 0 Å². The molecule has 2 rings (SSSR count). The summed E-state index contributed by atoms with van der Waals surface area (Å²) < 4.78 is 45.1. The SMILES string of the molecule is CCCCOC(=O)CC1(O)CCN(c2ccc([N+](=O)[O-])cc2C(F)(F)F)CC1. The van der Waals surface area contributed by atoms with Gasteiger partial charge in [-0.25, -0.2) is 0 Å². The number of aliphatic hydroxyl groups is 1. The van der Waals surface area contributed by atoms with Crippen LogP contribution < -0.4 is 4.90 Å². The number of esters is 1. The third kappa shape index (κ3) is 5.57. The van der Waals surface area contributed by atoms with Crippen LogP contribution in [-0.4, -0.2) is 41.3 Å². The largest absolute Gasteiger partial charge is 0.466 e. The quantitative estimate of drug-likeness (QED) is 0.323. The third-order valence-electron chi connectivity index (χ3n) is 4.77. The van der Waals surface area contributed by atoms with E-state index in [1.165, 1.54) is 4.90 Å². The summed E-state index contributed by atoms with van der Waals surface area (Å²) in [4.78, 5) is 23.2. The number of carbonyl (C=O) groups excluding carboxylic acids is 1. The predicted molar refractivity (Wildman–Crippen MR) is 95.0 cm³/mol. The van der Waals surface area contributed by atoms with Crippen molar-refractivity contribution in [3.63, 3.8) is 0 Å². The van der Waals surface area contributed by atoms with Crippen molar-refractivity contribution in [3.8, 4) is 0 Å². The van der Waals surface area contributed by atoms with E-state index in [9.17, 15) is 33.2 Å². The number of nitro groups is 1. The van der Waals surface area contributed by atoms with Crippen molar-refractivity contribution in [1.29, 1.82) is 0 Å². The van der Waals surface area contributed by atoms with Gasteiger partial charge in [0.25, 0.3) is 5.69 Å². The number of alkyl halides is 3. The van der Waals surface area contributed by atoms with Crippen molar-refractivity contribution in [2.45, 2.75) is 50.8 Å². The number of hydrogen-bond acceptors (Lipinski definition) is 6. The van der Waals surface area contributed by atoms with Crippen LogP contribution in [0.2, 0.25) is 0 Å². The summed E-state index contributed by atoms with van der Waals surface area (Å²) in [6.45, 7) is 2.39. The number of carbonyl (C=O) groups is 1. The van der Waals surface area contributed by atoms with Gasteiger partial charge >= 0.3 is 12.1 Å². The zero-order valence-electron chi connectivity index (χ0n) is 15.5. The normalized spacial score (nSPS) is 16.7. The summed E-state index contributed by atoms with van der Waals surface area (Å²) in [7, 11) is 0. The zero-order valence-corrected chi connectivity index (χ0v) is 15.5. The van der Waals surface area contributed by atoms with Crippen molar-refractivity contribution >= 4 is 17.3 Å². The summed E-state index contributed by atoms with van der Waals surface area (Å²) in [6, 6.07) is 2.61. The Bertz CT molecular complexity index is 716. The molecular formula is C18H23F3N2O5. The average molecular weight is 404 g/mol. The molecule has 0 saturated carbocycles. The van der Waals surface area contributed by atoms with E-state index in [1.54, 1.807) is 0 Å². The molecular weight excluding hydrogens is 381 g/mol. The molecule has 28 heavy (non-hydrogen) atoms. The molecule has 1 fully saturated rings. The van der Waals surface area contributed by atoms with E-state index in [0.717, 1.165) is 25.0 Å². The topological polar surface area (TPSA) is 92.9 Å². The summed E-state index contributed by atoms with van der Waals surface area (Å²) in [5.74, 6) is -0.532. The minimum Gasteiger partial charge on any atom is -0.466 e. The van der Waals surface area contributed by atoms with Gasteiger partial charge < -0.3 is 14.7 Å². The summed E-state index contributed by atoms with van der Waals surface area (Å²) >= 11 is 0. The zero-order chi connectivity index (χ0) is 20.9. The van der Waals surface area contributed by atoms with Crippen LogP contribution in [0.25, 0.3) is 0 Å². The fourth-order valence-electron chi connectivity index (χ4n) is 3.13. The van der Waals surface area contributed by atoms with Crippen molar-refractivity contribution in [3.05, 3.63) is 33.9 Å². The predicted octanol–water partition coefficient (Wildman–Crippen LogP) is 3.68. The van der Waals surface area contributed by atoms with Gasteiger partial charge in [-0.15, -0.1) is 0 Å². The van der Waals surface area contributed by atoms with Gasteiger partial charge in [0.2, 0.25) is 0 Å².